The smallest absolute Gasteiger partial charge is 0.358 e. The second-order valence-electron chi connectivity index (χ2n) is 5.37. The predicted octanol–water partition coefficient (Wildman–Crippen LogP) is 3.23. The molecule has 3 aromatic rings. The molecule has 0 N–H and O–H groups in total. The van der Waals surface area contributed by atoms with E-state index >= 15 is 0 Å². The number of benzene rings is 1. The van der Waals surface area contributed by atoms with Gasteiger partial charge in [-0.05, 0) is 25.1 Å². The molecule has 3 heterocycles. The molecule has 0 amide bonds. The van der Waals surface area contributed by atoms with E-state index in [2.05, 4.69) is 10.1 Å². The molecule has 1 aliphatic rings. The van der Waals surface area contributed by atoms with E-state index in [0.717, 1.165) is 10.6 Å². The van der Waals surface area contributed by atoms with Crippen LogP contribution in [-0.2, 0) is 11.3 Å². The van der Waals surface area contributed by atoms with Crippen LogP contribution in [0.1, 0.15) is 21.2 Å². The summed E-state index contributed by atoms with van der Waals surface area (Å²) >= 11 is 1.40. The zero-order valence-electron chi connectivity index (χ0n) is 13.4. The van der Waals surface area contributed by atoms with Crippen molar-refractivity contribution in [3.8, 4) is 22.8 Å². The first kappa shape index (κ1) is 15.6. The normalized spacial score (nSPS) is 12.8. The fraction of sp³-hybridized carbons (Fsp3) is 0.235. The van der Waals surface area contributed by atoms with Gasteiger partial charge in [-0.15, -0.1) is 11.3 Å². The Kier molecular flexibility index (Phi) is 4.10. The van der Waals surface area contributed by atoms with Gasteiger partial charge < -0.3 is 18.7 Å². The van der Waals surface area contributed by atoms with Crippen molar-refractivity contribution in [1.82, 2.24) is 10.1 Å². The number of esters is 1. The molecule has 128 valence electrons. The molecule has 0 bridgehead atoms. The molecule has 0 radical (unpaired) electrons. The fourth-order valence-electron chi connectivity index (χ4n) is 2.38. The van der Waals surface area contributed by atoms with E-state index in [1.54, 1.807) is 11.4 Å². The summed E-state index contributed by atoms with van der Waals surface area (Å²) in [5, 5.41) is 6.42. The van der Waals surface area contributed by atoms with E-state index in [0.29, 0.717) is 41.9 Å². The number of nitrogens with zero attached hydrogens (tertiary/aromatic N) is 2. The van der Waals surface area contributed by atoms with Gasteiger partial charge in [0.2, 0.25) is 0 Å². The summed E-state index contributed by atoms with van der Waals surface area (Å²) in [5.41, 5.74) is 1.63. The van der Waals surface area contributed by atoms with Crippen LogP contribution in [0.3, 0.4) is 0 Å². The van der Waals surface area contributed by atoms with Crippen LogP contribution in [-0.4, -0.2) is 29.3 Å². The lowest BCUT2D eigenvalue weighted by Gasteiger charge is -2.18. The SMILES string of the molecule is Cc1nc(C(=O)OCc2cc(-c3ccc4c(c3)OCCO4)on2)cs1. The average Bonchev–Trinajstić information content (AvgIpc) is 3.28. The minimum absolute atomic E-state index is 0.0173. The Morgan fingerprint density at radius 1 is 1.24 bits per heavy atom. The molecule has 0 aliphatic carbocycles. The van der Waals surface area contributed by atoms with E-state index in [-0.39, 0.29) is 6.61 Å². The Morgan fingerprint density at radius 2 is 2.08 bits per heavy atom. The van der Waals surface area contributed by atoms with Crippen molar-refractivity contribution in [2.24, 2.45) is 0 Å². The molecule has 0 spiro atoms. The van der Waals surface area contributed by atoms with Gasteiger partial charge >= 0.3 is 5.97 Å². The van der Waals surface area contributed by atoms with Crippen molar-refractivity contribution in [3.63, 3.8) is 0 Å². The monoisotopic (exact) mass is 358 g/mol. The highest BCUT2D eigenvalue weighted by Gasteiger charge is 2.16. The molecule has 1 aromatic carbocycles. The van der Waals surface area contributed by atoms with Crippen LogP contribution in [0.15, 0.2) is 34.2 Å². The van der Waals surface area contributed by atoms with Crippen molar-refractivity contribution in [3.05, 3.63) is 46.0 Å². The van der Waals surface area contributed by atoms with Gasteiger partial charge in [-0.25, -0.2) is 9.78 Å². The fourth-order valence-corrected chi connectivity index (χ4v) is 2.97. The maximum atomic E-state index is 11.9. The van der Waals surface area contributed by atoms with Gasteiger partial charge in [0.1, 0.15) is 25.5 Å². The summed E-state index contributed by atoms with van der Waals surface area (Å²) in [6.45, 7) is 2.91. The molecule has 25 heavy (non-hydrogen) atoms. The topological polar surface area (TPSA) is 83.7 Å². The van der Waals surface area contributed by atoms with Gasteiger partial charge in [-0.2, -0.15) is 0 Å². The van der Waals surface area contributed by atoms with E-state index in [1.807, 2.05) is 25.1 Å². The van der Waals surface area contributed by atoms with Crippen LogP contribution in [0.4, 0.5) is 0 Å². The molecule has 0 atom stereocenters. The highest BCUT2D eigenvalue weighted by Crippen LogP contribution is 2.34. The lowest BCUT2D eigenvalue weighted by Crippen LogP contribution is -2.15. The van der Waals surface area contributed by atoms with Gasteiger partial charge in [-0.1, -0.05) is 5.16 Å². The maximum absolute atomic E-state index is 11.9. The summed E-state index contributed by atoms with van der Waals surface area (Å²) < 4.78 is 21.6. The molecular formula is C17H14N2O5S. The van der Waals surface area contributed by atoms with Gasteiger partial charge in [-0.3, -0.25) is 0 Å². The number of rotatable bonds is 4. The Balaban J connectivity index is 1.44. The largest absolute Gasteiger partial charge is 0.486 e. The van der Waals surface area contributed by atoms with Gasteiger partial charge in [0.05, 0.1) is 5.01 Å². The maximum Gasteiger partial charge on any atom is 0.358 e. The quantitative estimate of drug-likeness (QED) is 0.662. The number of thiazole rings is 1. The number of fused-ring (bicyclic) bond motifs is 1. The molecule has 1 aliphatic heterocycles. The van der Waals surface area contributed by atoms with Crippen molar-refractivity contribution in [2.45, 2.75) is 13.5 Å². The molecule has 2 aromatic heterocycles. The van der Waals surface area contributed by atoms with Crippen molar-refractivity contribution < 1.29 is 23.5 Å². The third-order valence-corrected chi connectivity index (χ3v) is 4.34. The molecule has 0 fully saturated rings. The molecule has 0 saturated heterocycles. The minimum Gasteiger partial charge on any atom is -0.486 e. The van der Waals surface area contributed by atoms with Crippen molar-refractivity contribution in [2.75, 3.05) is 13.2 Å². The zero-order chi connectivity index (χ0) is 17.2. The number of aryl methyl sites for hydroxylation is 1. The van der Waals surface area contributed by atoms with Gasteiger partial charge in [0.15, 0.2) is 23.0 Å². The van der Waals surface area contributed by atoms with Crippen molar-refractivity contribution in [1.29, 1.82) is 0 Å². The number of hydrogen-bond acceptors (Lipinski definition) is 8. The Morgan fingerprint density at radius 3 is 2.88 bits per heavy atom. The first-order valence-electron chi connectivity index (χ1n) is 7.64. The first-order chi connectivity index (χ1) is 12.2. The summed E-state index contributed by atoms with van der Waals surface area (Å²) in [6, 6.07) is 7.26. The summed E-state index contributed by atoms with van der Waals surface area (Å²) in [7, 11) is 0. The lowest BCUT2D eigenvalue weighted by atomic mass is 10.1. The zero-order valence-corrected chi connectivity index (χ0v) is 14.2. The second-order valence-corrected chi connectivity index (χ2v) is 6.43. The predicted molar refractivity (Wildman–Crippen MR) is 88.9 cm³/mol. The second kappa shape index (κ2) is 6.56. The van der Waals surface area contributed by atoms with Crippen LogP contribution in [0.5, 0.6) is 11.5 Å². The van der Waals surface area contributed by atoms with E-state index < -0.39 is 5.97 Å². The number of hydrogen-bond donors (Lipinski definition) is 0. The van der Waals surface area contributed by atoms with Crippen LogP contribution in [0.25, 0.3) is 11.3 Å². The highest BCUT2D eigenvalue weighted by atomic mass is 32.1. The Labute approximate surface area is 147 Å². The molecule has 0 unspecified atom stereocenters. The van der Waals surface area contributed by atoms with Crippen molar-refractivity contribution >= 4 is 17.3 Å². The van der Waals surface area contributed by atoms with Gasteiger partial charge in [0, 0.05) is 17.0 Å². The minimum atomic E-state index is -0.478. The highest BCUT2D eigenvalue weighted by molar-refractivity contribution is 7.09. The number of carbonyl (C=O) groups excluding carboxylic acids is 1. The van der Waals surface area contributed by atoms with Crippen LogP contribution >= 0.6 is 11.3 Å². The van der Waals surface area contributed by atoms with Crippen LogP contribution < -0.4 is 9.47 Å². The molecule has 8 heteroatoms. The molecule has 0 saturated carbocycles. The summed E-state index contributed by atoms with van der Waals surface area (Å²) in [5.74, 6) is 1.47. The van der Waals surface area contributed by atoms with Crippen LogP contribution in [0.2, 0.25) is 0 Å². The van der Waals surface area contributed by atoms with Gasteiger partial charge in [0.25, 0.3) is 0 Å². The number of carbonyl (C=O) groups is 1. The number of aromatic nitrogens is 2. The first-order valence-corrected chi connectivity index (χ1v) is 8.52. The molecule has 4 rings (SSSR count). The van der Waals surface area contributed by atoms with E-state index in [9.17, 15) is 4.79 Å². The summed E-state index contributed by atoms with van der Waals surface area (Å²) in [4.78, 5) is 16.0. The summed E-state index contributed by atoms with van der Waals surface area (Å²) in [6.07, 6.45) is 0. The Hall–Kier alpha value is -2.87. The third kappa shape index (κ3) is 3.34. The lowest BCUT2D eigenvalue weighted by molar-refractivity contribution is 0.0458. The Bertz CT molecular complexity index is 917. The third-order valence-electron chi connectivity index (χ3n) is 3.56. The molecule has 7 nitrogen and oxygen atoms in total. The molecular weight excluding hydrogens is 344 g/mol. The number of ether oxygens (including phenoxy) is 3. The van der Waals surface area contributed by atoms with E-state index in [1.165, 1.54) is 11.3 Å². The van der Waals surface area contributed by atoms with E-state index in [4.69, 9.17) is 18.7 Å². The van der Waals surface area contributed by atoms with Crippen LogP contribution in [0, 0.1) is 6.92 Å². The average molecular weight is 358 g/mol. The standard InChI is InChI=1S/C17H14N2O5S/c1-10-18-13(9-25-10)17(20)23-8-12-7-15(24-19-12)11-2-3-14-16(6-11)22-5-4-21-14/h2-3,6-7,9H,4-5,8H2,1H3.